The van der Waals surface area contributed by atoms with Crippen molar-refractivity contribution in [1.29, 1.82) is 0 Å². The van der Waals surface area contributed by atoms with Gasteiger partial charge in [0, 0.05) is 12.8 Å². The van der Waals surface area contributed by atoms with E-state index in [0.717, 1.165) is 0 Å². The quantitative estimate of drug-likeness (QED) is 0.595. The van der Waals surface area contributed by atoms with Crippen molar-refractivity contribution in [2.45, 2.75) is 39.5 Å². The maximum absolute atomic E-state index is 10.1. The Balaban J connectivity index is 0.000000327. The van der Waals surface area contributed by atoms with E-state index in [2.05, 4.69) is 38.1 Å². The van der Waals surface area contributed by atoms with Gasteiger partial charge in [-0.25, -0.2) is 0 Å². The van der Waals surface area contributed by atoms with Crippen LogP contribution in [0, 0.1) is 13.8 Å². The van der Waals surface area contributed by atoms with Crippen molar-refractivity contribution in [1.82, 2.24) is 0 Å². The predicted octanol–water partition coefficient (Wildman–Crippen LogP) is 4.38. The van der Waals surface area contributed by atoms with E-state index < -0.39 is 0 Å². The number of rotatable bonds is 5. The maximum Gasteiger partial charge on any atom is 0.221 e. The fourth-order valence-electron chi connectivity index (χ4n) is 1.19. The molecule has 0 aliphatic carbocycles. The molecule has 0 fully saturated rings. The van der Waals surface area contributed by atoms with Crippen molar-refractivity contribution in [2.75, 3.05) is 0 Å². The Morgan fingerprint density at radius 2 is 1.22 bits per heavy atom. The van der Waals surface area contributed by atoms with E-state index in [0.29, 0.717) is 25.7 Å². The summed E-state index contributed by atoms with van der Waals surface area (Å²) in [6.45, 7) is 4.24. The van der Waals surface area contributed by atoms with Crippen molar-refractivity contribution >= 4 is 33.7 Å². The van der Waals surface area contributed by atoms with Crippen LogP contribution in [0.5, 0.6) is 0 Å². The highest BCUT2D eigenvalue weighted by molar-refractivity contribution is 6.63. The molecule has 18 heavy (non-hydrogen) atoms. The first-order valence-electron chi connectivity index (χ1n) is 5.82. The van der Waals surface area contributed by atoms with E-state index in [-0.39, 0.29) is 10.5 Å². The van der Waals surface area contributed by atoms with Gasteiger partial charge in [-0.15, -0.1) is 0 Å². The van der Waals surface area contributed by atoms with Gasteiger partial charge in [-0.3, -0.25) is 9.59 Å². The number of hydrogen-bond donors (Lipinski definition) is 0. The molecule has 0 aliphatic heterocycles. The van der Waals surface area contributed by atoms with E-state index in [1.54, 1.807) is 0 Å². The van der Waals surface area contributed by atoms with E-state index in [4.69, 9.17) is 23.2 Å². The summed E-state index contributed by atoms with van der Waals surface area (Å²) in [6.07, 6.45) is 1.93. The molecule has 0 aromatic heterocycles. The molecule has 0 saturated heterocycles. The first-order chi connectivity index (χ1) is 8.43. The van der Waals surface area contributed by atoms with Gasteiger partial charge < -0.3 is 0 Å². The molecular weight excluding hydrogens is 271 g/mol. The third kappa shape index (κ3) is 10.3. The number of benzene rings is 1. The average molecular weight is 289 g/mol. The fraction of sp³-hybridized carbons (Fsp3) is 0.429. The van der Waals surface area contributed by atoms with Crippen molar-refractivity contribution in [2.24, 2.45) is 0 Å². The van der Waals surface area contributed by atoms with Crippen LogP contribution in [0.2, 0.25) is 0 Å². The molecule has 0 bridgehead atoms. The lowest BCUT2D eigenvalue weighted by Gasteiger charge is -1.93. The van der Waals surface area contributed by atoms with Crippen LogP contribution < -0.4 is 0 Å². The average Bonchev–Trinajstić information content (AvgIpc) is 2.29. The zero-order chi connectivity index (χ0) is 14.0. The summed E-state index contributed by atoms with van der Waals surface area (Å²) in [4.78, 5) is 20.3. The molecule has 0 spiro atoms. The lowest BCUT2D eigenvalue weighted by atomic mass is 10.1. The molecule has 0 radical (unpaired) electrons. The fourth-order valence-corrected chi connectivity index (χ4v) is 1.46. The first kappa shape index (κ1) is 17.1. The minimum atomic E-state index is -0.359. The number of halogens is 2. The zero-order valence-electron chi connectivity index (χ0n) is 10.7. The Labute approximate surface area is 118 Å². The summed E-state index contributed by atoms with van der Waals surface area (Å²) in [5, 5.41) is -0.718. The minimum Gasteiger partial charge on any atom is -0.281 e. The van der Waals surface area contributed by atoms with Gasteiger partial charge in [0.05, 0.1) is 0 Å². The van der Waals surface area contributed by atoms with Crippen molar-refractivity contribution < 1.29 is 9.59 Å². The van der Waals surface area contributed by atoms with Gasteiger partial charge in [-0.05, 0) is 61.0 Å². The lowest BCUT2D eigenvalue weighted by Crippen LogP contribution is -1.89. The number of aryl methyl sites for hydroxylation is 2. The summed E-state index contributed by atoms with van der Waals surface area (Å²) >= 11 is 10.1. The van der Waals surface area contributed by atoms with Gasteiger partial charge >= 0.3 is 0 Å². The van der Waals surface area contributed by atoms with Crippen molar-refractivity contribution in [3.63, 3.8) is 0 Å². The van der Waals surface area contributed by atoms with Crippen LogP contribution in [0.4, 0.5) is 0 Å². The third-order valence-corrected chi connectivity index (χ3v) is 2.80. The second kappa shape index (κ2) is 10.1. The van der Waals surface area contributed by atoms with E-state index in [1.807, 2.05) is 0 Å². The Morgan fingerprint density at radius 1 is 0.889 bits per heavy atom. The molecule has 2 nitrogen and oxygen atoms in total. The van der Waals surface area contributed by atoms with Crippen LogP contribution in [-0.4, -0.2) is 10.5 Å². The van der Waals surface area contributed by atoms with Gasteiger partial charge in [0.25, 0.3) is 0 Å². The standard InChI is InChI=1S/C8H10.C6H8Cl2O2/c1-7-5-3-4-6-8(7)2;7-5(9)3-1-2-4-6(8)10/h3-6H,1-2H3;1-4H2. The molecular formula is C14H18Cl2O2. The van der Waals surface area contributed by atoms with Crippen LogP contribution in [0.25, 0.3) is 0 Å². The normalized spacial score (nSPS) is 9.33. The molecule has 0 saturated carbocycles. The zero-order valence-corrected chi connectivity index (χ0v) is 12.2. The largest absolute Gasteiger partial charge is 0.281 e. The van der Waals surface area contributed by atoms with Crippen molar-refractivity contribution in [3.05, 3.63) is 35.4 Å². The molecule has 0 atom stereocenters. The number of unbranched alkanes of at least 4 members (excludes halogenated alkanes) is 1. The van der Waals surface area contributed by atoms with Crippen LogP contribution in [0.15, 0.2) is 24.3 Å². The molecule has 1 rings (SSSR count). The van der Waals surface area contributed by atoms with Gasteiger partial charge in [0.1, 0.15) is 0 Å². The minimum absolute atomic E-state index is 0.325. The molecule has 0 amide bonds. The Bertz CT molecular complexity index is 352. The second-order valence-electron chi connectivity index (χ2n) is 4.00. The highest BCUT2D eigenvalue weighted by Gasteiger charge is 1.98. The molecule has 1 aromatic rings. The summed E-state index contributed by atoms with van der Waals surface area (Å²) in [7, 11) is 0. The highest BCUT2D eigenvalue weighted by atomic mass is 35.5. The number of hydrogen-bond acceptors (Lipinski definition) is 2. The molecule has 100 valence electrons. The summed E-state index contributed by atoms with van der Waals surface area (Å²) < 4.78 is 0. The molecule has 1 aromatic carbocycles. The summed E-state index contributed by atoms with van der Waals surface area (Å²) in [6, 6.07) is 8.36. The van der Waals surface area contributed by atoms with Gasteiger partial charge in [-0.2, -0.15) is 0 Å². The topological polar surface area (TPSA) is 34.1 Å². The summed E-state index contributed by atoms with van der Waals surface area (Å²) in [5.41, 5.74) is 2.74. The predicted molar refractivity (Wildman–Crippen MR) is 76.1 cm³/mol. The van der Waals surface area contributed by atoms with Crippen LogP contribution >= 0.6 is 23.2 Å². The molecule has 0 unspecified atom stereocenters. The highest BCUT2D eigenvalue weighted by Crippen LogP contribution is 2.04. The van der Waals surface area contributed by atoms with Crippen LogP contribution in [0.3, 0.4) is 0 Å². The molecule has 0 N–H and O–H groups in total. The smallest absolute Gasteiger partial charge is 0.221 e. The number of carbonyl (C=O) groups excluding carboxylic acids is 2. The Kier molecular flexibility index (Phi) is 9.62. The Morgan fingerprint density at radius 3 is 1.44 bits per heavy atom. The SMILES string of the molecule is Cc1ccccc1C.O=C(Cl)CCCCC(=O)Cl. The number of carbonyl (C=O) groups is 2. The van der Waals surface area contributed by atoms with Gasteiger partial charge in [0.15, 0.2) is 0 Å². The monoisotopic (exact) mass is 288 g/mol. The maximum atomic E-state index is 10.1. The van der Waals surface area contributed by atoms with Crippen molar-refractivity contribution in [3.8, 4) is 0 Å². The molecule has 0 aliphatic rings. The van der Waals surface area contributed by atoms with Gasteiger partial charge in [0.2, 0.25) is 10.5 Å². The second-order valence-corrected chi connectivity index (χ2v) is 4.84. The molecule has 0 heterocycles. The van der Waals surface area contributed by atoms with Gasteiger partial charge in [-0.1, -0.05) is 24.3 Å². The summed E-state index contributed by atoms with van der Waals surface area (Å²) in [5.74, 6) is 0. The lowest BCUT2D eigenvalue weighted by molar-refractivity contribution is -0.113. The molecule has 4 heteroatoms. The van der Waals surface area contributed by atoms with Crippen LogP contribution in [-0.2, 0) is 9.59 Å². The Hall–Kier alpha value is -0.860. The first-order valence-corrected chi connectivity index (χ1v) is 6.58. The van der Waals surface area contributed by atoms with E-state index in [1.165, 1.54) is 11.1 Å². The third-order valence-electron chi connectivity index (χ3n) is 2.42. The van der Waals surface area contributed by atoms with Crippen LogP contribution in [0.1, 0.15) is 36.8 Å². The van der Waals surface area contributed by atoms with E-state index >= 15 is 0 Å². The van der Waals surface area contributed by atoms with E-state index in [9.17, 15) is 9.59 Å².